The number of carbonyl (C=O) groups excluding carboxylic acids is 1. The van der Waals surface area contributed by atoms with Crippen molar-refractivity contribution in [2.24, 2.45) is 0 Å². The molecule has 0 atom stereocenters. The van der Waals surface area contributed by atoms with Gasteiger partial charge in [-0.15, -0.1) is 11.3 Å². The van der Waals surface area contributed by atoms with E-state index in [9.17, 15) is 14.9 Å². The van der Waals surface area contributed by atoms with Gasteiger partial charge in [-0.2, -0.15) is 0 Å². The molecule has 1 aromatic carbocycles. The maximum absolute atomic E-state index is 12.2. The number of furan rings is 1. The van der Waals surface area contributed by atoms with E-state index in [1.807, 2.05) is 12.3 Å². The van der Waals surface area contributed by atoms with Gasteiger partial charge in [0.2, 0.25) is 0 Å². The number of amides is 1. The number of hydrogen-bond acceptors (Lipinski definition) is 6. The van der Waals surface area contributed by atoms with E-state index in [-0.39, 0.29) is 22.8 Å². The lowest BCUT2D eigenvalue weighted by atomic mass is 10.2. The molecule has 2 heterocycles. The number of thiazole rings is 1. The van der Waals surface area contributed by atoms with E-state index in [1.165, 1.54) is 23.5 Å². The molecule has 0 saturated heterocycles. The lowest BCUT2D eigenvalue weighted by Crippen LogP contribution is -2.22. The molecule has 0 unspecified atom stereocenters. The van der Waals surface area contributed by atoms with Crippen LogP contribution in [-0.4, -0.2) is 15.8 Å². The Bertz CT molecular complexity index is 951. The third-order valence-electron chi connectivity index (χ3n) is 3.36. The van der Waals surface area contributed by atoms with Crippen LogP contribution in [0.15, 0.2) is 40.1 Å². The van der Waals surface area contributed by atoms with Crippen molar-refractivity contribution < 1.29 is 14.1 Å². The Labute approximate surface area is 151 Å². The standard InChI is InChI=1S/C16H12ClN3O4S/c1-9-19-14(8-25-9)15-5-3-11(24-15)7-18-16(21)12-4-2-10(20(22)23)6-13(12)17/h2-6,8H,7H2,1H3,(H,18,21). The number of rotatable bonds is 5. The first kappa shape index (κ1) is 17.1. The number of aromatic nitrogens is 1. The highest BCUT2D eigenvalue weighted by Crippen LogP contribution is 2.24. The minimum atomic E-state index is -0.571. The maximum atomic E-state index is 12.2. The molecule has 128 valence electrons. The van der Waals surface area contributed by atoms with E-state index in [2.05, 4.69) is 10.3 Å². The number of carbonyl (C=O) groups is 1. The van der Waals surface area contributed by atoms with Gasteiger partial charge in [-0.05, 0) is 25.1 Å². The summed E-state index contributed by atoms with van der Waals surface area (Å²) >= 11 is 7.47. The highest BCUT2D eigenvalue weighted by molar-refractivity contribution is 7.09. The first-order chi connectivity index (χ1) is 11.9. The van der Waals surface area contributed by atoms with Crippen LogP contribution in [0.4, 0.5) is 5.69 Å². The normalized spacial score (nSPS) is 10.6. The van der Waals surface area contributed by atoms with Crippen LogP contribution >= 0.6 is 22.9 Å². The van der Waals surface area contributed by atoms with Crippen LogP contribution in [-0.2, 0) is 6.54 Å². The summed E-state index contributed by atoms with van der Waals surface area (Å²) in [5.41, 5.74) is 0.739. The minimum Gasteiger partial charge on any atom is -0.458 e. The molecule has 9 heteroatoms. The first-order valence-corrected chi connectivity index (χ1v) is 8.43. The van der Waals surface area contributed by atoms with Crippen molar-refractivity contribution in [3.63, 3.8) is 0 Å². The number of halogens is 1. The SMILES string of the molecule is Cc1nc(-c2ccc(CNC(=O)c3ccc([N+](=O)[O-])cc3Cl)o2)cs1. The maximum Gasteiger partial charge on any atom is 0.270 e. The minimum absolute atomic E-state index is 0.0183. The number of nitro benzene ring substituents is 1. The van der Waals surface area contributed by atoms with Gasteiger partial charge in [-0.1, -0.05) is 11.6 Å². The average molecular weight is 378 g/mol. The van der Waals surface area contributed by atoms with Crippen LogP contribution < -0.4 is 5.32 Å². The predicted molar refractivity (Wildman–Crippen MR) is 93.8 cm³/mol. The summed E-state index contributed by atoms with van der Waals surface area (Å²) in [6.07, 6.45) is 0. The Balaban J connectivity index is 1.67. The second kappa shape index (κ2) is 7.04. The fourth-order valence-corrected chi connectivity index (χ4v) is 3.01. The molecule has 1 amide bonds. The van der Waals surface area contributed by atoms with E-state index in [0.717, 1.165) is 16.8 Å². The topological polar surface area (TPSA) is 98.3 Å². The molecule has 0 saturated carbocycles. The lowest BCUT2D eigenvalue weighted by Gasteiger charge is -2.05. The molecule has 0 bridgehead atoms. The van der Waals surface area contributed by atoms with Crippen molar-refractivity contribution >= 4 is 34.5 Å². The van der Waals surface area contributed by atoms with Gasteiger partial charge in [0.15, 0.2) is 5.76 Å². The van der Waals surface area contributed by atoms with E-state index in [1.54, 1.807) is 12.1 Å². The molecule has 0 aliphatic rings. The molecule has 0 spiro atoms. The van der Waals surface area contributed by atoms with Gasteiger partial charge in [0, 0.05) is 17.5 Å². The number of non-ortho nitro benzene ring substituents is 1. The van der Waals surface area contributed by atoms with Crippen molar-refractivity contribution in [2.75, 3.05) is 0 Å². The van der Waals surface area contributed by atoms with E-state index < -0.39 is 10.8 Å². The number of nitro groups is 1. The van der Waals surface area contributed by atoms with Crippen LogP contribution in [0.3, 0.4) is 0 Å². The molecule has 25 heavy (non-hydrogen) atoms. The lowest BCUT2D eigenvalue weighted by molar-refractivity contribution is -0.384. The van der Waals surface area contributed by atoms with Crippen molar-refractivity contribution in [3.05, 3.63) is 67.2 Å². The molecule has 0 radical (unpaired) electrons. The number of aryl methyl sites for hydroxylation is 1. The van der Waals surface area contributed by atoms with Crippen LogP contribution in [0.1, 0.15) is 21.1 Å². The number of nitrogens with zero attached hydrogens (tertiary/aromatic N) is 2. The largest absolute Gasteiger partial charge is 0.458 e. The Morgan fingerprint density at radius 2 is 2.20 bits per heavy atom. The summed E-state index contributed by atoms with van der Waals surface area (Å²) in [4.78, 5) is 26.6. The summed E-state index contributed by atoms with van der Waals surface area (Å²) in [5, 5.41) is 16.2. The van der Waals surface area contributed by atoms with Gasteiger partial charge in [-0.3, -0.25) is 14.9 Å². The van der Waals surface area contributed by atoms with Crippen LogP contribution in [0.2, 0.25) is 5.02 Å². The fourth-order valence-electron chi connectivity index (χ4n) is 2.15. The fraction of sp³-hybridized carbons (Fsp3) is 0.125. The highest BCUT2D eigenvalue weighted by atomic mass is 35.5. The number of benzene rings is 1. The zero-order valence-electron chi connectivity index (χ0n) is 13.0. The van der Waals surface area contributed by atoms with E-state index in [4.69, 9.17) is 16.0 Å². The van der Waals surface area contributed by atoms with Gasteiger partial charge >= 0.3 is 0 Å². The predicted octanol–water partition coefficient (Wildman–Crippen LogP) is 4.20. The third-order valence-corrected chi connectivity index (χ3v) is 4.45. The molecule has 2 aromatic heterocycles. The summed E-state index contributed by atoms with van der Waals surface area (Å²) in [6, 6.07) is 7.24. The van der Waals surface area contributed by atoms with Crippen molar-refractivity contribution in [2.45, 2.75) is 13.5 Å². The van der Waals surface area contributed by atoms with Crippen LogP contribution in [0.5, 0.6) is 0 Å². The Morgan fingerprint density at radius 3 is 2.84 bits per heavy atom. The molecule has 7 nitrogen and oxygen atoms in total. The van der Waals surface area contributed by atoms with Gasteiger partial charge < -0.3 is 9.73 Å². The van der Waals surface area contributed by atoms with Crippen molar-refractivity contribution in [3.8, 4) is 11.5 Å². The Hall–Kier alpha value is -2.71. The Morgan fingerprint density at radius 1 is 1.40 bits per heavy atom. The molecule has 1 N–H and O–H groups in total. The van der Waals surface area contributed by atoms with Gasteiger partial charge in [0.1, 0.15) is 11.5 Å². The van der Waals surface area contributed by atoms with Crippen LogP contribution in [0, 0.1) is 17.0 Å². The molecule has 0 aliphatic heterocycles. The summed E-state index contributed by atoms with van der Waals surface area (Å²) in [6.45, 7) is 2.07. The first-order valence-electron chi connectivity index (χ1n) is 7.17. The monoisotopic (exact) mass is 377 g/mol. The van der Waals surface area contributed by atoms with Crippen molar-refractivity contribution in [1.29, 1.82) is 0 Å². The zero-order chi connectivity index (χ0) is 18.0. The second-order valence-corrected chi connectivity index (χ2v) is 6.59. The smallest absolute Gasteiger partial charge is 0.270 e. The average Bonchev–Trinajstić information content (AvgIpc) is 3.21. The van der Waals surface area contributed by atoms with E-state index >= 15 is 0 Å². The molecule has 0 aliphatic carbocycles. The summed E-state index contributed by atoms with van der Waals surface area (Å²) in [7, 11) is 0. The summed E-state index contributed by atoms with van der Waals surface area (Å²) < 4.78 is 5.66. The van der Waals surface area contributed by atoms with Gasteiger partial charge in [0.25, 0.3) is 11.6 Å². The van der Waals surface area contributed by atoms with Gasteiger partial charge in [-0.25, -0.2) is 4.98 Å². The number of hydrogen-bond donors (Lipinski definition) is 1. The zero-order valence-corrected chi connectivity index (χ0v) is 14.6. The second-order valence-electron chi connectivity index (χ2n) is 5.12. The number of nitrogens with one attached hydrogen (secondary N) is 1. The molecule has 3 rings (SSSR count). The van der Waals surface area contributed by atoms with Crippen molar-refractivity contribution in [1.82, 2.24) is 10.3 Å². The molecular formula is C16H12ClN3O4S. The highest BCUT2D eigenvalue weighted by Gasteiger charge is 2.15. The molecular weight excluding hydrogens is 366 g/mol. The van der Waals surface area contributed by atoms with E-state index in [0.29, 0.717) is 11.5 Å². The molecule has 0 fully saturated rings. The third kappa shape index (κ3) is 3.86. The van der Waals surface area contributed by atoms with Gasteiger partial charge in [0.05, 0.1) is 27.1 Å². The molecule has 3 aromatic rings. The van der Waals surface area contributed by atoms with Crippen LogP contribution in [0.25, 0.3) is 11.5 Å². The summed E-state index contributed by atoms with van der Waals surface area (Å²) in [5.74, 6) is 0.747. The quantitative estimate of drug-likeness (QED) is 0.530. The Kier molecular flexibility index (Phi) is 4.82.